The van der Waals surface area contributed by atoms with Gasteiger partial charge in [0.1, 0.15) is 5.60 Å². The number of amides is 1. The fourth-order valence-electron chi connectivity index (χ4n) is 0.972. The number of hydrogen-bond acceptors (Lipinski definition) is 3. The Hall–Kier alpha value is -1.85. The summed E-state index contributed by atoms with van der Waals surface area (Å²) in [5, 5.41) is 0. The lowest BCUT2D eigenvalue weighted by molar-refractivity contribution is 0.0273. The highest BCUT2D eigenvalue weighted by molar-refractivity contribution is 5.66. The predicted octanol–water partition coefficient (Wildman–Crippen LogP) is 2.78. The summed E-state index contributed by atoms with van der Waals surface area (Å²) in [5.74, 6) is -2.51. The van der Waals surface area contributed by atoms with Crippen molar-refractivity contribution in [2.75, 3.05) is 0 Å². The monoisotopic (exact) mass is 245 g/mol. The predicted molar refractivity (Wildman–Crippen MR) is 56.4 cm³/mol. The van der Waals surface area contributed by atoms with Crippen LogP contribution in [0.5, 0.6) is 5.75 Å². The molecule has 0 bridgehead atoms. The Morgan fingerprint density at radius 2 is 1.76 bits per heavy atom. The van der Waals surface area contributed by atoms with E-state index >= 15 is 0 Å². The fourth-order valence-corrected chi connectivity index (χ4v) is 0.972. The summed E-state index contributed by atoms with van der Waals surface area (Å²) in [6, 6.07) is 3.20. The standard InChI is InChI=1S/C11H13F2NO3/c1-11(2,3)16-10(15)14-17-9-7(12)5-4-6-8(9)13/h4-6H,1-3H3,(H,14,15). The van der Waals surface area contributed by atoms with Crippen LogP contribution in [0.15, 0.2) is 18.2 Å². The highest BCUT2D eigenvalue weighted by Crippen LogP contribution is 2.19. The third-order valence-electron chi connectivity index (χ3n) is 1.55. The molecule has 4 nitrogen and oxygen atoms in total. The number of carbonyl (C=O) groups is 1. The number of ether oxygens (including phenoxy) is 1. The van der Waals surface area contributed by atoms with Gasteiger partial charge >= 0.3 is 6.09 Å². The van der Waals surface area contributed by atoms with Crippen LogP contribution >= 0.6 is 0 Å². The first kappa shape index (κ1) is 13.2. The molecule has 6 heteroatoms. The number of nitrogens with one attached hydrogen (secondary N) is 1. The summed E-state index contributed by atoms with van der Waals surface area (Å²) in [6.45, 7) is 4.95. The van der Waals surface area contributed by atoms with Crippen LogP contribution in [0.2, 0.25) is 0 Å². The molecule has 0 aliphatic heterocycles. The third-order valence-corrected chi connectivity index (χ3v) is 1.55. The van der Waals surface area contributed by atoms with Crippen LogP contribution in [-0.4, -0.2) is 11.7 Å². The van der Waals surface area contributed by atoms with E-state index in [-0.39, 0.29) is 0 Å². The Morgan fingerprint density at radius 1 is 1.24 bits per heavy atom. The van der Waals surface area contributed by atoms with Crippen molar-refractivity contribution in [2.24, 2.45) is 0 Å². The summed E-state index contributed by atoms with van der Waals surface area (Å²) < 4.78 is 31.0. The molecule has 17 heavy (non-hydrogen) atoms. The average Bonchev–Trinajstić information content (AvgIpc) is 2.14. The lowest BCUT2D eigenvalue weighted by Crippen LogP contribution is -2.34. The molecule has 0 saturated carbocycles. The minimum Gasteiger partial charge on any atom is -0.442 e. The van der Waals surface area contributed by atoms with Crippen LogP contribution < -0.4 is 10.3 Å². The number of para-hydroxylation sites is 1. The van der Waals surface area contributed by atoms with Crippen molar-refractivity contribution in [1.29, 1.82) is 0 Å². The van der Waals surface area contributed by atoms with Gasteiger partial charge in [-0.05, 0) is 32.9 Å². The molecular formula is C11H13F2NO3. The van der Waals surface area contributed by atoms with E-state index in [4.69, 9.17) is 4.74 Å². The van der Waals surface area contributed by atoms with Gasteiger partial charge in [-0.2, -0.15) is 5.48 Å². The van der Waals surface area contributed by atoms with E-state index in [1.54, 1.807) is 26.3 Å². The first-order valence-corrected chi connectivity index (χ1v) is 4.89. The van der Waals surface area contributed by atoms with Gasteiger partial charge in [-0.3, -0.25) is 0 Å². The fraction of sp³-hybridized carbons (Fsp3) is 0.364. The Kier molecular flexibility index (Phi) is 3.88. The van der Waals surface area contributed by atoms with Gasteiger partial charge in [0, 0.05) is 0 Å². The molecule has 0 heterocycles. The number of hydroxylamine groups is 1. The van der Waals surface area contributed by atoms with Gasteiger partial charge in [-0.1, -0.05) is 6.07 Å². The SMILES string of the molecule is CC(C)(C)OC(=O)NOc1c(F)cccc1F. The molecule has 0 atom stereocenters. The summed E-state index contributed by atoms with van der Waals surface area (Å²) >= 11 is 0. The quantitative estimate of drug-likeness (QED) is 0.815. The zero-order valence-corrected chi connectivity index (χ0v) is 9.71. The van der Waals surface area contributed by atoms with Gasteiger partial charge in [-0.25, -0.2) is 13.6 Å². The number of halogens is 2. The van der Waals surface area contributed by atoms with Crippen molar-refractivity contribution in [3.8, 4) is 5.75 Å². The first-order valence-electron chi connectivity index (χ1n) is 4.89. The van der Waals surface area contributed by atoms with Crippen molar-refractivity contribution in [3.63, 3.8) is 0 Å². The Morgan fingerprint density at radius 3 is 2.24 bits per heavy atom. The molecule has 0 aliphatic carbocycles. The Bertz CT molecular complexity index is 395. The minimum atomic E-state index is -0.930. The maximum atomic E-state index is 13.1. The number of rotatable bonds is 2. The first-order chi connectivity index (χ1) is 7.79. The molecule has 94 valence electrons. The highest BCUT2D eigenvalue weighted by atomic mass is 19.1. The summed E-state index contributed by atoms with van der Waals surface area (Å²) in [5.41, 5.74) is 1.07. The summed E-state index contributed by atoms with van der Waals surface area (Å²) in [7, 11) is 0. The molecule has 1 rings (SSSR count). The molecule has 1 N–H and O–H groups in total. The molecule has 0 fully saturated rings. The molecule has 0 radical (unpaired) electrons. The number of carbonyl (C=O) groups excluding carboxylic acids is 1. The summed E-state index contributed by atoms with van der Waals surface area (Å²) in [6.07, 6.45) is -0.930. The van der Waals surface area contributed by atoms with Gasteiger partial charge < -0.3 is 9.57 Å². The Labute approximate surface area is 97.5 Å². The zero-order chi connectivity index (χ0) is 13.1. The second-order valence-electron chi connectivity index (χ2n) is 4.26. The molecule has 0 aliphatic rings. The van der Waals surface area contributed by atoms with Crippen molar-refractivity contribution in [3.05, 3.63) is 29.8 Å². The smallest absolute Gasteiger partial charge is 0.441 e. The van der Waals surface area contributed by atoms with E-state index in [0.717, 1.165) is 12.1 Å². The third kappa shape index (κ3) is 4.26. The van der Waals surface area contributed by atoms with E-state index in [1.807, 2.05) is 0 Å². The van der Waals surface area contributed by atoms with Gasteiger partial charge in [0.05, 0.1) is 0 Å². The average molecular weight is 245 g/mol. The topological polar surface area (TPSA) is 47.6 Å². The second kappa shape index (κ2) is 4.99. The Balaban J connectivity index is 2.59. The van der Waals surface area contributed by atoms with Crippen LogP contribution in [0.25, 0.3) is 0 Å². The minimum absolute atomic E-state index is 0.682. The van der Waals surface area contributed by atoms with Crippen LogP contribution in [0.3, 0.4) is 0 Å². The van der Waals surface area contributed by atoms with E-state index < -0.39 is 29.1 Å². The van der Waals surface area contributed by atoms with Crippen molar-refractivity contribution >= 4 is 6.09 Å². The lowest BCUT2D eigenvalue weighted by Gasteiger charge is -2.19. The van der Waals surface area contributed by atoms with E-state index in [2.05, 4.69) is 4.84 Å². The van der Waals surface area contributed by atoms with Gasteiger partial charge in [0.2, 0.25) is 5.75 Å². The zero-order valence-electron chi connectivity index (χ0n) is 9.71. The van der Waals surface area contributed by atoms with Crippen molar-refractivity contribution in [1.82, 2.24) is 5.48 Å². The van der Waals surface area contributed by atoms with E-state index in [9.17, 15) is 13.6 Å². The largest absolute Gasteiger partial charge is 0.442 e. The maximum absolute atomic E-state index is 13.1. The number of benzene rings is 1. The maximum Gasteiger partial charge on any atom is 0.441 e. The molecule has 0 spiro atoms. The van der Waals surface area contributed by atoms with E-state index in [1.165, 1.54) is 6.07 Å². The molecule has 1 aromatic carbocycles. The molecule has 0 unspecified atom stereocenters. The molecule has 0 aromatic heterocycles. The number of hydrogen-bond donors (Lipinski definition) is 1. The van der Waals surface area contributed by atoms with E-state index in [0.29, 0.717) is 0 Å². The van der Waals surface area contributed by atoms with Crippen LogP contribution in [0.1, 0.15) is 20.8 Å². The second-order valence-corrected chi connectivity index (χ2v) is 4.26. The van der Waals surface area contributed by atoms with Crippen molar-refractivity contribution < 1.29 is 23.1 Å². The summed E-state index contributed by atoms with van der Waals surface area (Å²) in [4.78, 5) is 15.7. The highest BCUT2D eigenvalue weighted by Gasteiger charge is 2.18. The normalized spacial score (nSPS) is 10.9. The van der Waals surface area contributed by atoms with Gasteiger partial charge in [0.25, 0.3) is 0 Å². The van der Waals surface area contributed by atoms with Crippen LogP contribution in [0, 0.1) is 11.6 Å². The van der Waals surface area contributed by atoms with Crippen molar-refractivity contribution in [2.45, 2.75) is 26.4 Å². The van der Waals surface area contributed by atoms with Gasteiger partial charge in [-0.15, -0.1) is 0 Å². The van der Waals surface area contributed by atoms with Crippen LogP contribution in [-0.2, 0) is 4.74 Å². The molecular weight excluding hydrogens is 232 g/mol. The molecule has 1 aromatic rings. The molecule has 0 saturated heterocycles. The van der Waals surface area contributed by atoms with Crippen LogP contribution in [0.4, 0.5) is 13.6 Å². The lowest BCUT2D eigenvalue weighted by atomic mass is 10.2. The molecule has 1 amide bonds. The van der Waals surface area contributed by atoms with Gasteiger partial charge in [0.15, 0.2) is 11.6 Å².